The lowest BCUT2D eigenvalue weighted by molar-refractivity contribution is 0.0480. The molecule has 1 N–H and O–H groups in total. The zero-order valence-electron chi connectivity index (χ0n) is 11.9. The first kappa shape index (κ1) is 12.8. The van der Waals surface area contributed by atoms with Crippen molar-refractivity contribution < 1.29 is 9.53 Å². The fraction of sp³-hybridized carbons (Fsp3) is 0.500. The van der Waals surface area contributed by atoms with E-state index in [4.69, 9.17) is 4.74 Å². The summed E-state index contributed by atoms with van der Waals surface area (Å²) < 4.78 is 5.89. The second kappa shape index (κ2) is 5.15. The Morgan fingerprint density at radius 2 is 2.29 bits per heavy atom. The van der Waals surface area contributed by atoms with Gasteiger partial charge in [0.1, 0.15) is 0 Å². The third kappa shape index (κ3) is 2.65. The van der Waals surface area contributed by atoms with E-state index in [2.05, 4.69) is 9.97 Å². The third-order valence-electron chi connectivity index (χ3n) is 4.36. The summed E-state index contributed by atoms with van der Waals surface area (Å²) in [6.07, 6.45) is 5.42. The molecule has 1 atom stereocenters. The predicted molar refractivity (Wildman–Crippen MR) is 79.1 cm³/mol. The summed E-state index contributed by atoms with van der Waals surface area (Å²) >= 11 is 0. The van der Waals surface area contributed by atoms with Crippen LogP contribution in [0.2, 0.25) is 0 Å². The molecule has 1 aliphatic carbocycles. The number of likely N-dealkylation sites (tertiary alicyclic amines) is 1. The van der Waals surface area contributed by atoms with Gasteiger partial charge in [-0.1, -0.05) is 0 Å². The standard InChI is InChI=1S/C16H19N3O2/c20-16(12-3-4-14-15(7-12)18-10-17-14)19-6-5-13(8-19)21-9-11-1-2-11/h3-4,7,10-11,13H,1-2,5-6,8-9H2,(H,17,18). The van der Waals surface area contributed by atoms with E-state index in [1.165, 1.54) is 12.8 Å². The number of benzene rings is 1. The molecular weight excluding hydrogens is 266 g/mol. The molecule has 2 heterocycles. The molecule has 0 radical (unpaired) electrons. The first-order valence-corrected chi connectivity index (χ1v) is 7.63. The third-order valence-corrected chi connectivity index (χ3v) is 4.36. The average molecular weight is 285 g/mol. The van der Waals surface area contributed by atoms with E-state index < -0.39 is 0 Å². The van der Waals surface area contributed by atoms with Crippen molar-refractivity contribution in [1.82, 2.24) is 14.9 Å². The number of carbonyl (C=O) groups excluding carboxylic acids is 1. The van der Waals surface area contributed by atoms with E-state index in [0.717, 1.165) is 42.1 Å². The molecule has 5 nitrogen and oxygen atoms in total. The summed E-state index contributed by atoms with van der Waals surface area (Å²) in [5.41, 5.74) is 2.51. The van der Waals surface area contributed by atoms with Crippen molar-refractivity contribution in [3.05, 3.63) is 30.1 Å². The van der Waals surface area contributed by atoms with E-state index in [0.29, 0.717) is 6.54 Å². The molecule has 1 saturated carbocycles. The fourth-order valence-corrected chi connectivity index (χ4v) is 2.86. The van der Waals surface area contributed by atoms with E-state index in [-0.39, 0.29) is 12.0 Å². The van der Waals surface area contributed by atoms with E-state index in [1.54, 1.807) is 6.33 Å². The minimum atomic E-state index is 0.0871. The van der Waals surface area contributed by atoms with Crippen LogP contribution in [0.15, 0.2) is 24.5 Å². The molecule has 2 fully saturated rings. The highest BCUT2D eigenvalue weighted by molar-refractivity contribution is 5.97. The smallest absolute Gasteiger partial charge is 0.254 e. The van der Waals surface area contributed by atoms with Gasteiger partial charge in [-0.05, 0) is 43.4 Å². The Balaban J connectivity index is 1.41. The van der Waals surface area contributed by atoms with Crippen molar-refractivity contribution in [2.24, 2.45) is 5.92 Å². The first-order chi connectivity index (χ1) is 10.3. The maximum absolute atomic E-state index is 12.5. The molecule has 1 aromatic carbocycles. The summed E-state index contributed by atoms with van der Waals surface area (Å²) in [6, 6.07) is 5.61. The number of aromatic amines is 1. The number of rotatable bonds is 4. The number of amides is 1. The minimum Gasteiger partial charge on any atom is -0.376 e. The summed E-state index contributed by atoms with van der Waals surface area (Å²) in [6.45, 7) is 2.37. The summed E-state index contributed by atoms with van der Waals surface area (Å²) in [4.78, 5) is 21.7. The number of carbonyl (C=O) groups is 1. The highest BCUT2D eigenvalue weighted by Crippen LogP contribution is 2.30. The predicted octanol–water partition coefficient (Wildman–Crippen LogP) is 2.20. The van der Waals surface area contributed by atoms with Crippen LogP contribution in [-0.2, 0) is 4.74 Å². The van der Waals surface area contributed by atoms with Gasteiger partial charge in [-0.2, -0.15) is 0 Å². The van der Waals surface area contributed by atoms with Gasteiger partial charge in [0.2, 0.25) is 0 Å². The Bertz CT molecular complexity index is 662. The van der Waals surface area contributed by atoms with E-state index in [9.17, 15) is 4.79 Å². The van der Waals surface area contributed by atoms with Crippen molar-refractivity contribution in [2.45, 2.75) is 25.4 Å². The lowest BCUT2D eigenvalue weighted by atomic mass is 10.2. The number of hydrogen-bond acceptors (Lipinski definition) is 3. The molecule has 0 spiro atoms. The molecule has 1 unspecified atom stereocenters. The number of imidazole rings is 1. The largest absolute Gasteiger partial charge is 0.376 e. The fourth-order valence-electron chi connectivity index (χ4n) is 2.86. The monoisotopic (exact) mass is 285 g/mol. The normalized spacial score (nSPS) is 22.1. The number of fused-ring (bicyclic) bond motifs is 1. The lowest BCUT2D eigenvalue weighted by Crippen LogP contribution is -2.30. The van der Waals surface area contributed by atoms with Crippen LogP contribution in [0.25, 0.3) is 11.0 Å². The molecule has 4 rings (SSSR count). The van der Waals surface area contributed by atoms with Crippen molar-refractivity contribution >= 4 is 16.9 Å². The first-order valence-electron chi connectivity index (χ1n) is 7.63. The number of nitrogens with zero attached hydrogens (tertiary/aromatic N) is 2. The molecule has 2 aliphatic rings. The van der Waals surface area contributed by atoms with Crippen molar-refractivity contribution in [3.63, 3.8) is 0 Å². The highest BCUT2D eigenvalue weighted by Gasteiger charge is 2.30. The Morgan fingerprint density at radius 1 is 1.38 bits per heavy atom. The molecule has 0 bridgehead atoms. The van der Waals surface area contributed by atoms with Gasteiger partial charge in [0, 0.05) is 25.3 Å². The van der Waals surface area contributed by atoms with Crippen LogP contribution in [0.3, 0.4) is 0 Å². The summed E-state index contributed by atoms with van der Waals surface area (Å²) in [5.74, 6) is 0.863. The van der Waals surface area contributed by atoms with Crippen molar-refractivity contribution in [2.75, 3.05) is 19.7 Å². The molecule has 21 heavy (non-hydrogen) atoms. The average Bonchev–Trinajstić information content (AvgIpc) is 3.03. The van der Waals surface area contributed by atoms with Gasteiger partial charge in [0.15, 0.2) is 0 Å². The van der Waals surface area contributed by atoms with Crippen LogP contribution in [0.1, 0.15) is 29.6 Å². The van der Waals surface area contributed by atoms with Gasteiger partial charge in [-0.25, -0.2) is 4.98 Å². The Morgan fingerprint density at radius 3 is 3.14 bits per heavy atom. The van der Waals surface area contributed by atoms with Gasteiger partial charge >= 0.3 is 0 Å². The number of H-pyrrole nitrogens is 1. The maximum Gasteiger partial charge on any atom is 0.254 e. The summed E-state index contributed by atoms with van der Waals surface area (Å²) in [7, 11) is 0. The second-order valence-corrected chi connectivity index (χ2v) is 6.07. The number of hydrogen-bond donors (Lipinski definition) is 1. The minimum absolute atomic E-state index is 0.0871. The van der Waals surface area contributed by atoms with E-state index in [1.807, 2.05) is 23.1 Å². The SMILES string of the molecule is O=C(c1ccc2nc[nH]c2c1)N1CCC(OCC2CC2)C1. The van der Waals surface area contributed by atoms with Crippen LogP contribution in [0.5, 0.6) is 0 Å². The molecule has 2 aromatic rings. The van der Waals surface area contributed by atoms with Crippen LogP contribution in [0.4, 0.5) is 0 Å². The quantitative estimate of drug-likeness (QED) is 0.937. The van der Waals surface area contributed by atoms with Crippen LogP contribution < -0.4 is 0 Å². The number of ether oxygens (including phenoxy) is 1. The molecule has 1 amide bonds. The molecule has 1 aliphatic heterocycles. The van der Waals surface area contributed by atoms with Crippen molar-refractivity contribution in [3.8, 4) is 0 Å². The van der Waals surface area contributed by atoms with Gasteiger partial charge in [-0.15, -0.1) is 0 Å². The van der Waals surface area contributed by atoms with Gasteiger partial charge in [0.05, 0.1) is 23.5 Å². The van der Waals surface area contributed by atoms with Gasteiger partial charge < -0.3 is 14.6 Å². The molecule has 5 heteroatoms. The molecule has 110 valence electrons. The molecular formula is C16H19N3O2. The summed E-state index contributed by atoms with van der Waals surface area (Å²) in [5, 5.41) is 0. The number of aromatic nitrogens is 2. The van der Waals surface area contributed by atoms with Crippen molar-refractivity contribution in [1.29, 1.82) is 0 Å². The number of nitrogens with one attached hydrogen (secondary N) is 1. The van der Waals surface area contributed by atoms with Crippen LogP contribution >= 0.6 is 0 Å². The molecule has 1 saturated heterocycles. The Labute approximate surface area is 123 Å². The Kier molecular flexibility index (Phi) is 3.15. The highest BCUT2D eigenvalue weighted by atomic mass is 16.5. The van der Waals surface area contributed by atoms with Crippen LogP contribution in [0, 0.1) is 5.92 Å². The zero-order valence-corrected chi connectivity index (χ0v) is 11.9. The van der Waals surface area contributed by atoms with Crippen LogP contribution in [-0.4, -0.2) is 46.6 Å². The van der Waals surface area contributed by atoms with E-state index >= 15 is 0 Å². The second-order valence-electron chi connectivity index (χ2n) is 6.07. The molecule has 1 aromatic heterocycles. The topological polar surface area (TPSA) is 58.2 Å². The van der Waals surface area contributed by atoms with Gasteiger partial charge in [0.25, 0.3) is 5.91 Å². The van der Waals surface area contributed by atoms with Gasteiger partial charge in [-0.3, -0.25) is 4.79 Å². The Hall–Kier alpha value is -1.88. The zero-order chi connectivity index (χ0) is 14.2. The lowest BCUT2D eigenvalue weighted by Gasteiger charge is -2.17. The maximum atomic E-state index is 12.5.